The van der Waals surface area contributed by atoms with Gasteiger partial charge in [-0.3, -0.25) is 4.79 Å². The molecule has 0 spiro atoms. The van der Waals surface area contributed by atoms with Crippen LogP contribution in [-0.2, 0) is 9.53 Å². The molecule has 2 aliphatic rings. The fourth-order valence-electron chi connectivity index (χ4n) is 3.19. The lowest BCUT2D eigenvalue weighted by atomic mass is 9.68. The third-order valence-electron chi connectivity index (χ3n) is 5.05. The fraction of sp³-hybridized carbons (Fsp3) is 0.929. The second-order valence-electron chi connectivity index (χ2n) is 6.37. The van der Waals surface area contributed by atoms with Crippen molar-refractivity contribution in [3.63, 3.8) is 0 Å². The zero-order valence-corrected chi connectivity index (χ0v) is 11.2. The van der Waals surface area contributed by atoms with E-state index >= 15 is 0 Å². The lowest BCUT2D eigenvalue weighted by Gasteiger charge is -2.36. The smallest absolute Gasteiger partial charge is 0.145 e. The van der Waals surface area contributed by atoms with Crippen LogP contribution in [0.15, 0.2) is 0 Å². The Hall–Kier alpha value is -0.410. The van der Waals surface area contributed by atoms with Crippen LogP contribution in [0, 0.1) is 23.2 Å². The molecule has 3 nitrogen and oxygen atoms in total. The highest BCUT2D eigenvalue weighted by atomic mass is 16.5. The summed E-state index contributed by atoms with van der Waals surface area (Å²) in [7, 11) is 0. The second-order valence-corrected chi connectivity index (χ2v) is 6.37. The summed E-state index contributed by atoms with van der Waals surface area (Å²) >= 11 is 0. The van der Waals surface area contributed by atoms with Crippen LogP contribution in [0.1, 0.15) is 40.0 Å². The van der Waals surface area contributed by atoms with E-state index in [9.17, 15) is 4.79 Å². The standard InChI is InChI=1S/C14H25NO2/c1-9-4-5-11(6-10(9)2)13(16)14(3)8-17-7-12(14)15/h9-12H,4-8,15H2,1-3H3. The minimum atomic E-state index is -0.440. The number of hydrogen-bond acceptors (Lipinski definition) is 3. The Kier molecular flexibility index (Phi) is 3.60. The van der Waals surface area contributed by atoms with Gasteiger partial charge in [0, 0.05) is 12.0 Å². The Balaban J connectivity index is 2.05. The molecule has 5 atom stereocenters. The Bertz CT molecular complexity index is 305. The molecule has 0 aromatic rings. The number of rotatable bonds is 2. The molecule has 0 aromatic heterocycles. The van der Waals surface area contributed by atoms with Crippen LogP contribution >= 0.6 is 0 Å². The van der Waals surface area contributed by atoms with E-state index in [1.165, 1.54) is 6.42 Å². The van der Waals surface area contributed by atoms with Crippen molar-refractivity contribution in [1.82, 2.24) is 0 Å². The lowest BCUT2D eigenvalue weighted by molar-refractivity contribution is -0.134. The molecule has 5 unspecified atom stereocenters. The first-order valence-electron chi connectivity index (χ1n) is 6.82. The van der Waals surface area contributed by atoms with E-state index in [1.54, 1.807) is 0 Å². The summed E-state index contributed by atoms with van der Waals surface area (Å²) in [6.45, 7) is 7.57. The molecule has 98 valence electrons. The Morgan fingerprint density at radius 2 is 2.00 bits per heavy atom. The number of Topliss-reactive ketones (excluding diaryl/α,β-unsaturated/α-hetero) is 1. The van der Waals surface area contributed by atoms with Gasteiger partial charge in [0.25, 0.3) is 0 Å². The first kappa shape index (κ1) is 13.0. The molecule has 2 rings (SSSR count). The molecule has 0 amide bonds. The van der Waals surface area contributed by atoms with Crippen molar-refractivity contribution < 1.29 is 9.53 Å². The van der Waals surface area contributed by atoms with Gasteiger partial charge in [0.2, 0.25) is 0 Å². The fourth-order valence-corrected chi connectivity index (χ4v) is 3.19. The molecule has 2 N–H and O–H groups in total. The van der Waals surface area contributed by atoms with Crippen molar-refractivity contribution >= 4 is 5.78 Å². The van der Waals surface area contributed by atoms with Gasteiger partial charge in [-0.05, 0) is 38.0 Å². The Morgan fingerprint density at radius 3 is 2.53 bits per heavy atom. The van der Waals surface area contributed by atoms with Crippen molar-refractivity contribution in [2.45, 2.75) is 46.1 Å². The van der Waals surface area contributed by atoms with E-state index in [-0.39, 0.29) is 12.0 Å². The van der Waals surface area contributed by atoms with Crippen LogP contribution in [0.25, 0.3) is 0 Å². The van der Waals surface area contributed by atoms with E-state index in [1.807, 2.05) is 6.92 Å². The van der Waals surface area contributed by atoms with Crippen LogP contribution in [0.5, 0.6) is 0 Å². The van der Waals surface area contributed by atoms with Crippen LogP contribution < -0.4 is 5.73 Å². The Morgan fingerprint density at radius 1 is 1.29 bits per heavy atom. The van der Waals surface area contributed by atoms with Gasteiger partial charge in [0.05, 0.1) is 18.6 Å². The molecule has 17 heavy (non-hydrogen) atoms. The largest absolute Gasteiger partial charge is 0.379 e. The summed E-state index contributed by atoms with van der Waals surface area (Å²) in [4.78, 5) is 12.6. The minimum Gasteiger partial charge on any atom is -0.379 e. The van der Waals surface area contributed by atoms with Crippen LogP contribution in [0.4, 0.5) is 0 Å². The maximum absolute atomic E-state index is 12.6. The number of ketones is 1. The predicted molar refractivity (Wildman–Crippen MR) is 67.6 cm³/mol. The third-order valence-corrected chi connectivity index (χ3v) is 5.05. The first-order valence-corrected chi connectivity index (χ1v) is 6.82. The molecule has 0 aromatic carbocycles. The summed E-state index contributed by atoms with van der Waals surface area (Å²) in [6, 6.07) is -0.121. The third kappa shape index (κ3) is 2.27. The SMILES string of the molecule is CC1CCC(C(=O)C2(C)COCC2N)CC1C. The second kappa shape index (κ2) is 4.69. The minimum absolute atomic E-state index is 0.121. The Labute approximate surface area is 104 Å². The number of nitrogens with two attached hydrogens (primary N) is 1. The number of carbonyl (C=O) groups excluding carboxylic acids is 1. The quantitative estimate of drug-likeness (QED) is 0.801. The summed E-state index contributed by atoms with van der Waals surface area (Å²) < 4.78 is 5.39. The van der Waals surface area contributed by atoms with Crippen LogP contribution in [0.2, 0.25) is 0 Å². The maximum atomic E-state index is 12.6. The summed E-state index contributed by atoms with van der Waals surface area (Å²) in [5, 5.41) is 0. The maximum Gasteiger partial charge on any atom is 0.145 e. The predicted octanol–water partition coefficient (Wildman–Crippen LogP) is 1.99. The monoisotopic (exact) mass is 239 g/mol. The molecular weight excluding hydrogens is 214 g/mol. The number of ether oxygens (including phenoxy) is 1. The van der Waals surface area contributed by atoms with Crippen LogP contribution in [0.3, 0.4) is 0 Å². The molecule has 0 radical (unpaired) electrons. The van der Waals surface area contributed by atoms with Gasteiger partial charge in [0.15, 0.2) is 0 Å². The average molecular weight is 239 g/mol. The van der Waals surface area contributed by atoms with E-state index in [4.69, 9.17) is 10.5 Å². The van der Waals surface area contributed by atoms with Crippen molar-refractivity contribution in [3.05, 3.63) is 0 Å². The first-order chi connectivity index (χ1) is 7.95. The average Bonchev–Trinajstić information content (AvgIpc) is 2.63. The zero-order chi connectivity index (χ0) is 12.6. The zero-order valence-electron chi connectivity index (χ0n) is 11.2. The summed E-state index contributed by atoms with van der Waals surface area (Å²) in [6.07, 6.45) is 3.23. The molecule has 0 bridgehead atoms. The number of carbonyl (C=O) groups is 1. The molecule has 1 saturated carbocycles. The molecular formula is C14H25NO2. The molecule has 1 aliphatic heterocycles. The highest BCUT2D eigenvalue weighted by molar-refractivity contribution is 5.88. The number of hydrogen-bond donors (Lipinski definition) is 1. The highest BCUT2D eigenvalue weighted by Gasteiger charge is 2.47. The van der Waals surface area contributed by atoms with Crippen LogP contribution in [-0.4, -0.2) is 25.0 Å². The topological polar surface area (TPSA) is 52.3 Å². The van der Waals surface area contributed by atoms with E-state index < -0.39 is 5.41 Å². The molecule has 2 fully saturated rings. The van der Waals surface area contributed by atoms with E-state index in [2.05, 4.69) is 13.8 Å². The van der Waals surface area contributed by atoms with Gasteiger partial charge >= 0.3 is 0 Å². The van der Waals surface area contributed by atoms with Gasteiger partial charge in [-0.15, -0.1) is 0 Å². The molecule has 3 heteroatoms. The van der Waals surface area contributed by atoms with Crippen molar-refractivity contribution in [2.24, 2.45) is 28.9 Å². The van der Waals surface area contributed by atoms with Crippen molar-refractivity contribution in [1.29, 1.82) is 0 Å². The van der Waals surface area contributed by atoms with Gasteiger partial charge in [-0.2, -0.15) is 0 Å². The van der Waals surface area contributed by atoms with Crippen molar-refractivity contribution in [3.8, 4) is 0 Å². The van der Waals surface area contributed by atoms with E-state index in [0.29, 0.717) is 24.9 Å². The normalized spacial score (nSPS) is 47.1. The molecule has 1 saturated heterocycles. The van der Waals surface area contributed by atoms with Gasteiger partial charge in [-0.1, -0.05) is 13.8 Å². The lowest BCUT2D eigenvalue weighted by Crippen LogP contribution is -2.48. The summed E-state index contributed by atoms with van der Waals surface area (Å²) in [5.74, 6) is 1.96. The highest BCUT2D eigenvalue weighted by Crippen LogP contribution is 2.39. The van der Waals surface area contributed by atoms with E-state index in [0.717, 1.165) is 18.8 Å². The summed E-state index contributed by atoms with van der Waals surface area (Å²) in [5.41, 5.74) is 5.60. The molecule has 1 heterocycles. The van der Waals surface area contributed by atoms with Crippen molar-refractivity contribution in [2.75, 3.05) is 13.2 Å². The van der Waals surface area contributed by atoms with Gasteiger partial charge in [0.1, 0.15) is 5.78 Å². The molecule has 1 aliphatic carbocycles. The van der Waals surface area contributed by atoms with Gasteiger partial charge < -0.3 is 10.5 Å². The van der Waals surface area contributed by atoms with Gasteiger partial charge in [-0.25, -0.2) is 0 Å².